The highest BCUT2D eigenvalue weighted by Gasteiger charge is 2.42. The van der Waals surface area contributed by atoms with Gasteiger partial charge in [0.2, 0.25) is 0 Å². The zero-order valence-electron chi connectivity index (χ0n) is 15.7. The first kappa shape index (κ1) is 19.8. The van der Waals surface area contributed by atoms with Crippen LogP contribution in [0.15, 0.2) is 42.5 Å². The Morgan fingerprint density at radius 1 is 1.17 bits per heavy atom. The van der Waals surface area contributed by atoms with E-state index in [1.165, 1.54) is 6.07 Å². The van der Waals surface area contributed by atoms with Crippen LogP contribution in [-0.2, 0) is 4.74 Å². The van der Waals surface area contributed by atoms with E-state index in [4.69, 9.17) is 27.9 Å². The molecule has 1 aliphatic rings. The van der Waals surface area contributed by atoms with Crippen LogP contribution in [0.1, 0.15) is 34.1 Å². The third-order valence-electron chi connectivity index (χ3n) is 5.01. The molecule has 29 heavy (non-hydrogen) atoms. The number of halogens is 2. The zero-order chi connectivity index (χ0) is 20.5. The van der Waals surface area contributed by atoms with Gasteiger partial charge in [-0.2, -0.15) is 5.10 Å². The van der Waals surface area contributed by atoms with Gasteiger partial charge in [0.1, 0.15) is 17.1 Å². The maximum absolute atomic E-state index is 13.1. The van der Waals surface area contributed by atoms with Gasteiger partial charge in [-0.25, -0.2) is 0 Å². The number of nitrogens with zero attached hydrogens (tertiary/aromatic N) is 2. The molecule has 2 N–H and O–H groups in total. The maximum Gasteiger partial charge on any atom is 0.273 e. The number of aromatic hydroxyl groups is 1. The van der Waals surface area contributed by atoms with Gasteiger partial charge in [0.15, 0.2) is 0 Å². The Kier molecular flexibility index (Phi) is 5.50. The van der Waals surface area contributed by atoms with Crippen LogP contribution in [0.4, 0.5) is 0 Å². The number of aromatic amines is 1. The standard InChI is InChI=1S/C21H19Cl2N3O3/c1-29-10-2-9-26-20(12-3-5-13(22)6-4-12)17-18(24-25-19(17)21(26)28)15-11-14(23)7-8-16(15)27/h3-8,11,20,27H,2,9-10H2,1H3,(H,24,25). The number of hydrogen-bond acceptors (Lipinski definition) is 4. The summed E-state index contributed by atoms with van der Waals surface area (Å²) in [5, 5.41) is 18.7. The fraction of sp³-hybridized carbons (Fsp3) is 0.238. The predicted molar refractivity (Wildman–Crippen MR) is 112 cm³/mol. The van der Waals surface area contributed by atoms with Gasteiger partial charge in [-0.05, 0) is 42.3 Å². The largest absolute Gasteiger partial charge is 0.507 e. The van der Waals surface area contributed by atoms with Crippen LogP contribution in [-0.4, -0.2) is 46.4 Å². The number of nitrogens with one attached hydrogen (secondary N) is 1. The van der Waals surface area contributed by atoms with Crippen LogP contribution >= 0.6 is 23.2 Å². The molecule has 2 heterocycles. The number of amides is 1. The van der Waals surface area contributed by atoms with Crippen molar-refractivity contribution in [1.29, 1.82) is 0 Å². The fourth-order valence-electron chi connectivity index (χ4n) is 3.70. The highest BCUT2D eigenvalue weighted by atomic mass is 35.5. The van der Waals surface area contributed by atoms with E-state index in [9.17, 15) is 9.90 Å². The van der Waals surface area contributed by atoms with Gasteiger partial charge >= 0.3 is 0 Å². The minimum absolute atomic E-state index is 0.0452. The molecule has 0 fully saturated rings. The molecule has 1 unspecified atom stereocenters. The second-order valence-corrected chi connectivity index (χ2v) is 7.69. The Balaban J connectivity index is 1.85. The van der Waals surface area contributed by atoms with Crippen LogP contribution < -0.4 is 0 Å². The van der Waals surface area contributed by atoms with Crippen LogP contribution in [0, 0.1) is 0 Å². The zero-order valence-corrected chi connectivity index (χ0v) is 17.2. The number of carbonyl (C=O) groups is 1. The molecule has 150 valence electrons. The van der Waals surface area contributed by atoms with Gasteiger partial charge < -0.3 is 14.7 Å². The SMILES string of the molecule is COCCCN1C(=O)c2[nH]nc(-c3cc(Cl)ccc3O)c2C1c1ccc(Cl)cc1. The number of carbonyl (C=O) groups excluding carboxylic acids is 1. The Labute approximate surface area is 178 Å². The van der Waals surface area contributed by atoms with Gasteiger partial charge in [-0.15, -0.1) is 0 Å². The van der Waals surface area contributed by atoms with Crippen LogP contribution in [0.2, 0.25) is 10.0 Å². The van der Waals surface area contributed by atoms with Gasteiger partial charge in [-0.1, -0.05) is 35.3 Å². The summed E-state index contributed by atoms with van der Waals surface area (Å²) in [7, 11) is 1.63. The number of rotatable bonds is 6. The van der Waals surface area contributed by atoms with Crippen LogP contribution in [0.3, 0.4) is 0 Å². The third-order valence-corrected chi connectivity index (χ3v) is 5.50. The normalized spacial score (nSPS) is 15.8. The van der Waals surface area contributed by atoms with E-state index in [-0.39, 0.29) is 17.7 Å². The first-order valence-electron chi connectivity index (χ1n) is 9.13. The summed E-state index contributed by atoms with van der Waals surface area (Å²) in [5.74, 6) is -0.0971. The van der Waals surface area contributed by atoms with Gasteiger partial charge in [0.25, 0.3) is 5.91 Å². The van der Waals surface area contributed by atoms with Crippen molar-refractivity contribution in [3.63, 3.8) is 0 Å². The quantitative estimate of drug-likeness (QED) is 0.555. The summed E-state index contributed by atoms with van der Waals surface area (Å²) in [6.45, 7) is 1.06. The minimum atomic E-state index is -0.362. The average molecular weight is 432 g/mol. The molecule has 4 rings (SSSR count). The van der Waals surface area contributed by atoms with Crippen molar-refractivity contribution in [2.75, 3.05) is 20.3 Å². The molecule has 0 aliphatic carbocycles. The van der Waals surface area contributed by atoms with Crippen LogP contribution in [0.5, 0.6) is 5.75 Å². The molecule has 8 heteroatoms. The van der Waals surface area contributed by atoms with Crippen LogP contribution in [0.25, 0.3) is 11.3 Å². The summed E-state index contributed by atoms with van der Waals surface area (Å²) in [6.07, 6.45) is 0.696. The Morgan fingerprint density at radius 2 is 1.90 bits per heavy atom. The maximum atomic E-state index is 13.1. The molecule has 3 aromatic rings. The molecular weight excluding hydrogens is 413 g/mol. The molecule has 1 atom stereocenters. The first-order chi connectivity index (χ1) is 14.0. The molecule has 0 bridgehead atoms. The van der Waals surface area contributed by atoms with Crippen molar-refractivity contribution >= 4 is 29.1 Å². The molecular formula is C21H19Cl2N3O3. The second-order valence-electron chi connectivity index (χ2n) is 6.82. The van der Waals surface area contributed by atoms with E-state index in [1.807, 2.05) is 12.1 Å². The van der Waals surface area contributed by atoms with Crippen molar-refractivity contribution in [3.05, 3.63) is 69.3 Å². The van der Waals surface area contributed by atoms with E-state index in [0.717, 1.165) is 5.56 Å². The van der Waals surface area contributed by atoms with Gasteiger partial charge in [0.05, 0.1) is 6.04 Å². The number of phenols is 1. The van der Waals surface area contributed by atoms with Crippen molar-refractivity contribution < 1.29 is 14.6 Å². The summed E-state index contributed by atoms with van der Waals surface area (Å²) in [4.78, 5) is 14.9. The number of methoxy groups -OCH3 is 1. The number of H-pyrrole nitrogens is 1. The highest BCUT2D eigenvalue weighted by Crippen LogP contribution is 2.45. The fourth-order valence-corrected chi connectivity index (χ4v) is 4.00. The topological polar surface area (TPSA) is 78.5 Å². The third kappa shape index (κ3) is 3.59. The van der Waals surface area contributed by atoms with Crippen molar-refractivity contribution in [1.82, 2.24) is 15.1 Å². The number of phenolic OH excluding ortho intramolecular Hbond substituents is 1. The van der Waals surface area contributed by atoms with E-state index < -0.39 is 0 Å². The molecule has 0 spiro atoms. The second kappa shape index (κ2) is 8.06. The smallest absolute Gasteiger partial charge is 0.273 e. The monoisotopic (exact) mass is 431 g/mol. The number of hydrogen-bond donors (Lipinski definition) is 2. The summed E-state index contributed by atoms with van der Waals surface area (Å²) >= 11 is 12.2. The van der Waals surface area contributed by atoms with Crippen molar-refractivity contribution in [2.24, 2.45) is 0 Å². The first-order valence-corrected chi connectivity index (χ1v) is 9.89. The lowest BCUT2D eigenvalue weighted by Crippen LogP contribution is -2.31. The summed E-state index contributed by atoms with van der Waals surface area (Å²) in [5.41, 5.74) is 3.01. The lowest BCUT2D eigenvalue weighted by molar-refractivity contribution is 0.0723. The van der Waals surface area contributed by atoms with E-state index >= 15 is 0 Å². The minimum Gasteiger partial charge on any atom is -0.507 e. The van der Waals surface area contributed by atoms with Gasteiger partial charge in [0, 0.05) is 41.4 Å². The molecule has 0 saturated heterocycles. The highest BCUT2D eigenvalue weighted by molar-refractivity contribution is 6.31. The summed E-state index contributed by atoms with van der Waals surface area (Å²) in [6, 6.07) is 11.8. The molecule has 1 aliphatic heterocycles. The average Bonchev–Trinajstić information content (AvgIpc) is 3.24. The molecule has 6 nitrogen and oxygen atoms in total. The van der Waals surface area contributed by atoms with E-state index in [1.54, 1.807) is 36.3 Å². The lowest BCUT2D eigenvalue weighted by atomic mass is 9.95. The van der Waals surface area contributed by atoms with E-state index in [0.29, 0.717) is 52.1 Å². The Hall–Kier alpha value is -2.54. The molecule has 1 aromatic heterocycles. The van der Waals surface area contributed by atoms with Crippen molar-refractivity contribution in [3.8, 4) is 17.0 Å². The predicted octanol–water partition coefficient (Wildman–Crippen LogP) is 4.67. The lowest BCUT2D eigenvalue weighted by Gasteiger charge is -2.26. The summed E-state index contributed by atoms with van der Waals surface area (Å²) < 4.78 is 5.15. The Morgan fingerprint density at radius 3 is 2.62 bits per heavy atom. The Bertz CT molecular complexity index is 1050. The molecule has 1 amide bonds. The number of aromatic nitrogens is 2. The van der Waals surface area contributed by atoms with Gasteiger partial charge in [-0.3, -0.25) is 9.89 Å². The van der Waals surface area contributed by atoms with Crippen molar-refractivity contribution in [2.45, 2.75) is 12.5 Å². The number of benzene rings is 2. The molecule has 0 saturated carbocycles. The number of ether oxygens (including phenoxy) is 1. The molecule has 2 aromatic carbocycles. The number of fused-ring (bicyclic) bond motifs is 1. The van der Waals surface area contributed by atoms with E-state index in [2.05, 4.69) is 10.2 Å². The molecule has 0 radical (unpaired) electrons.